The zero-order valence-electron chi connectivity index (χ0n) is 16.1. The van der Waals surface area contributed by atoms with Crippen molar-refractivity contribution in [3.05, 3.63) is 59.7 Å². The maximum atomic E-state index is 12.5. The van der Waals surface area contributed by atoms with Gasteiger partial charge in [-0.1, -0.05) is 44.2 Å². The van der Waals surface area contributed by atoms with Gasteiger partial charge in [-0.3, -0.25) is 4.79 Å². The molecule has 1 N–H and O–H groups in total. The monoisotopic (exact) mass is 355 g/mol. The van der Waals surface area contributed by atoms with E-state index >= 15 is 0 Å². The molecular formula is C22H29NO3. The van der Waals surface area contributed by atoms with E-state index in [1.165, 1.54) is 5.56 Å². The minimum atomic E-state index is -0.511. The van der Waals surface area contributed by atoms with Crippen molar-refractivity contribution in [2.45, 2.75) is 52.7 Å². The maximum Gasteiger partial charge on any atom is 0.261 e. The van der Waals surface area contributed by atoms with Crippen molar-refractivity contribution in [3.63, 3.8) is 0 Å². The van der Waals surface area contributed by atoms with Gasteiger partial charge in [0.1, 0.15) is 18.1 Å². The first-order valence-electron chi connectivity index (χ1n) is 9.27. The van der Waals surface area contributed by atoms with Crippen molar-refractivity contribution >= 4 is 5.91 Å². The molecule has 140 valence electrons. The number of ether oxygens (including phenoxy) is 2. The minimum absolute atomic E-state index is 0.109. The molecule has 0 saturated heterocycles. The van der Waals surface area contributed by atoms with Crippen LogP contribution in [0.1, 0.15) is 38.3 Å². The van der Waals surface area contributed by atoms with Crippen molar-refractivity contribution in [1.29, 1.82) is 0 Å². The molecule has 0 aliphatic carbocycles. The van der Waals surface area contributed by atoms with Crippen molar-refractivity contribution in [2.75, 3.05) is 6.61 Å². The van der Waals surface area contributed by atoms with Gasteiger partial charge in [0, 0.05) is 0 Å². The Morgan fingerprint density at radius 2 is 1.77 bits per heavy atom. The molecule has 0 radical (unpaired) electrons. The minimum Gasteiger partial charge on any atom is -0.491 e. The third kappa shape index (κ3) is 5.80. The van der Waals surface area contributed by atoms with Gasteiger partial charge >= 0.3 is 0 Å². The molecule has 0 aliphatic rings. The highest BCUT2D eigenvalue weighted by atomic mass is 16.5. The van der Waals surface area contributed by atoms with E-state index in [-0.39, 0.29) is 11.9 Å². The van der Waals surface area contributed by atoms with Crippen LogP contribution in [0, 0.1) is 6.92 Å². The second kappa shape index (κ2) is 9.85. The molecule has 0 fully saturated rings. The summed E-state index contributed by atoms with van der Waals surface area (Å²) in [5.74, 6) is 1.44. The molecule has 4 heteroatoms. The summed E-state index contributed by atoms with van der Waals surface area (Å²) in [6.07, 6.45) is 1.08. The quantitative estimate of drug-likeness (QED) is 0.729. The summed E-state index contributed by atoms with van der Waals surface area (Å²) in [5.41, 5.74) is 2.33. The van der Waals surface area contributed by atoms with Crippen molar-refractivity contribution < 1.29 is 14.3 Å². The lowest BCUT2D eigenvalue weighted by molar-refractivity contribution is -0.128. The molecule has 0 heterocycles. The van der Waals surface area contributed by atoms with Crippen LogP contribution in [0.5, 0.6) is 11.5 Å². The van der Waals surface area contributed by atoms with E-state index in [0.717, 1.165) is 17.7 Å². The molecule has 1 amide bonds. The maximum absolute atomic E-state index is 12.5. The molecule has 4 nitrogen and oxygen atoms in total. The molecule has 0 unspecified atom stereocenters. The molecule has 0 spiro atoms. The van der Waals surface area contributed by atoms with Gasteiger partial charge in [0.25, 0.3) is 5.91 Å². The van der Waals surface area contributed by atoms with Crippen LogP contribution in [-0.2, 0) is 11.2 Å². The van der Waals surface area contributed by atoms with Crippen molar-refractivity contribution in [3.8, 4) is 11.5 Å². The Labute approximate surface area is 156 Å². The number of para-hydroxylation sites is 1. The normalized spacial score (nSPS) is 12.9. The number of hydrogen-bond donors (Lipinski definition) is 1. The average Bonchev–Trinajstić information content (AvgIpc) is 2.65. The Balaban J connectivity index is 1.85. The molecular weight excluding hydrogens is 326 g/mol. The first-order chi connectivity index (χ1) is 12.5. The van der Waals surface area contributed by atoms with Gasteiger partial charge in [0.2, 0.25) is 0 Å². The standard InChI is InChI=1S/C22H29NO3/c1-5-18-11-13-19(14-12-18)26-20(6-2)22(24)23-17(4)15-25-21-10-8-7-9-16(21)3/h7-14,17,20H,5-6,15H2,1-4H3,(H,23,24)/t17-,20-/m1/s1. The summed E-state index contributed by atoms with van der Waals surface area (Å²) in [4.78, 5) is 12.5. The molecule has 26 heavy (non-hydrogen) atoms. The van der Waals surface area contributed by atoms with Gasteiger partial charge < -0.3 is 14.8 Å². The Hall–Kier alpha value is -2.49. The van der Waals surface area contributed by atoms with E-state index in [1.54, 1.807) is 0 Å². The second-order valence-corrected chi connectivity index (χ2v) is 6.50. The van der Waals surface area contributed by atoms with Crippen molar-refractivity contribution in [1.82, 2.24) is 5.32 Å². The lowest BCUT2D eigenvalue weighted by atomic mass is 10.1. The molecule has 0 aromatic heterocycles. The third-order valence-electron chi connectivity index (χ3n) is 4.24. The zero-order valence-corrected chi connectivity index (χ0v) is 16.1. The number of nitrogens with one attached hydrogen (secondary N) is 1. The van der Waals surface area contributed by atoms with Crippen LogP contribution < -0.4 is 14.8 Å². The van der Waals surface area contributed by atoms with Crippen LogP contribution in [0.2, 0.25) is 0 Å². The molecule has 2 rings (SSSR count). The van der Waals surface area contributed by atoms with Gasteiger partial charge in [0.05, 0.1) is 6.04 Å². The van der Waals surface area contributed by atoms with Gasteiger partial charge in [-0.25, -0.2) is 0 Å². The summed E-state index contributed by atoms with van der Waals surface area (Å²) < 4.78 is 11.7. The fourth-order valence-electron chi connectivity index (χ4n) is 2.60. The topological polar surface area (TPSA) is 47.6 Å². The molecule has 0 saturated carbocycles. The van der Waals surface area contributed by atoms with E-state index in [1.807, 2.05) is 69.3 Å². The average molecular weight is 355 g/mol. The zero-order chi connectivity index (χ0) is 18.9. The molecule has 2 atom stereocenters. The third-order valence-corrected chi connectivity index (χ3v) is 4.24. The number of benzene rings is 2. The van der Waals surface area contributed by atoms with Crippen molar-refractivity contribution in [2.24, 2.45) is 0 Å². The van der Waals surface area contributed by atoms with Crippen LogP contribution in [0.4, 0.5) is 0 Å². The van der Waals surface area contributed by atoms with Gasteiger partial charge in [-0.15, -0.1) is 0 Å². The SMILES string of the molecule is CCc1ccc(O[C@H](CC)C(=O)N[C@H](C)COc2ccccc2C)cc1. The van der Waals surface area contributed by atoms with E-state index < -0.39 is 6.10 Å². The van der Waals surface area contributed by atoms with Crippen LogP contribution in [0.3, 0.4) is 0 Å². The number of rotatable bonds is 9. The van der Waals surface area contributed by atoms with E-state index in [0.29, 0.717) is 18.8 Å². The molecule has 2 aromatic carbocycles. The van der Waals surface area contributed by atoms with Crippen LogP contribution in [0.15, 0.2) is 48.5 Å². The lowest BCUT2D eigenvalue weighted by Gasteiger charge is -2.21. The Morgan fingerprint density at radius 1 is 1.08 bits per heavy atom. The lowest BCUT2D eigenvalue weighted by Crippen LogP contribution is -2.44. The Morgan fingerprint density at radius 3 is 2.38 bits per heavy atom. The first kappa shape index (κ1) is 19.8. The molecule has 0 bridgehead atoms. The van der Waals surface area contributed by atoms with E-state index in [9.17, 15) is 4.79 Å². The Kier molecular flexibility index (Phi) is 7.52. The Bertz CT molecular complexity index is 697. The highest BCUT2D eigenvalue weighted by Gasteiger charge is 2.20. The molecule has 0 aliphatic heterocycles. The first-order valence-corrected chi connectivity index (χ1v) is 9.27. The summed E-state index contributed by atoms with van der Waals surface area (Å²) in [6.45, 7) is 8.40. The van der Waals surface area contributed by atoms with E-state index in [4.69, 9.17) is 9.47 Å². The fourth-order valence-corrected chi connectivity index (χ4v) is 2.60. The smallest absolute Gasteiger partial charge is 0.261 e. The number of hydrogen-bond acceptors (Lipinski definition) is 3. The number of amides is 1. The summed E-state index contributed by atoms with van der Waals surface area (Å²) in [7, 11) is 0. The fraction of sp³-hybridized carbons (Fsp3) is 0.409. The van der Waals surface area contributed by atoms with Crippen LogP contribution in [-0.4, -0.2) is 24.7 Å². The summed E-state index contributed by atoms with van der Waals surface area (Å²) in [6, 6.07) is 15.6. The largest absolute Gasteiger partial charge is 0.491 e. The predicted molar refractivity (Wildman–Crippen MR) is 105 cm³/mol. The van der Waals surface area contributed by atoms with E-state index in [2.05, 4.69) is 12.2 Å². The van der Waals surface area contributed by atoms with Gasteiger partial charge in [0.15, 0.2) is 6.10 Å². The number of aryl methyl sites for hydroxylation is 2. The highest BCUT2D eigenvalue weighted by molar-refractivity contribution is 5.81. The van der Waals surface area contributed by atoms with Gasteiger partial charge in [-0.2, -0.15) is 0 Å². The number of carbonyl (C=O) groups excluding carboxylic acids is 1. The summed E-state index contributed by atoms with van der Waals surface area (Å²) in [5, 5.41) is 2.97. The molecule has 2 aromatic rings. The second-order valence-electron chi connectivity index (χ2n) is 6.50. The summed E-state index contributed by atoms with van der Waals surface area (Å²) >= 11 is 0. The van der Waals surface area contributed by atoms with Gasteiger partial charge in [-0.05, 0) is 56.0 Å². The van der Waals surface area contributed by atoms with Crippen LogP contribution >= 0.6 is 0 Å². The number of carbonyl (C=O) groups is 1. The highest BCUT2D eigenvalue weighted by Crippen LogP contribution is 2.17. The van der Waals surface area contributed by atoms with Crippen LogP contribution in [0.25, 0.3) is 0 Å². The predicted octanol–water partition coefficient (Wildman–Crippen LogP) is 4.30.